The predicted molar refractivity (Wildman–Crippen MR) is 34.3 cm³/mol. The third-order valence-corrected chi connectivity index (χ3v) is 2.90. The van der Waals surface area contributed by atoms with Crippen LogP contribution in [-0.4, -0.2) is 27.3 Å². The number of hydrogen-bond acceptors (Lipinski definition) is 3. The first kappa shape index (κ1) is 6.98. The van der Waals surface area contributed by atoms with Crippen molar-refractivity contribution in [2.75, 3.05) is 18.8 Å². The van der Waals surface area contributed by atoms with E-state index in [9.17, 15) is 8.42 Å². The Bertz CT molecular complexity index is 187. The number of sulfonamides is 1. The summed E-state index contributed by atoms with van der Waals surface area (Å²) in [5.41, 5.74) is 5.25. The standard InChI is InChI=1S/C4H10N2O2S/c5-1-4-2-6-9(7,8)3-4/h4,6H,1-3,5H2. The van der Waals surface area contributed by atoms with Gasteiger partial charge < -0.3 is 5.73 Å². The maximum Gasteiger partial charge on any atom is 0.211 e. The highest BCUT2D eigenvalue weighted by Gasteiger charge is 2.25. The summed E-state index contributed by atoms with van der Waals surface area (Å²) in [7, 11) is -2.94. The van der Waals surface area contributed by atoms with Gasteiger partial charge in [-0.05, 0) is 12.5 Å². The maximum atomic E-state index is 10.6. The van der Waals surface area contributed by atoms with E-state index in [1.165, 1.54) is 0 Å². The zero-order valence-electron chi connectivity index (χ0n) is 5.00. The molecule has 1 unspecified atom stereocenters. The SMILES string of the molecule is NCC1CNS(=O)(=O)C1. The molecule has 0 spiro atoms. The third-order valence-electron chi connectivity index (χ3n) is 1.38. The van der Waals surface area contributed by atoms with Gasteiger partial charge in [-0.25, -0.2) is 13.1 Å². The van der Waals surface area contributed by atoms with Gasteiger partial charge in [0, 0.05) is 6.54 Å². The number of nitrogens with one attached hydrogen (secondary N) is 1. The largest absolute Gasteiger partial charge is 0.330 e. The third kappa shape index (κ3) is 1.64. The molecule has 1 fully saturated rings. The lowest BCUT2D eigenvalue weighted by Crippen LogP contribution is -2.18. The molecule has 4 nitrogen and oxygen atoms in total. The Balaban J connectivity index is 2.58. The van der Waals surface area contributed by atoms with Gasteiger partial charge in [-0.1, -0.05) is 0 Å². The fourth-order valence-corrected chi connectivity index (χ4v) is 2.31. The van der Waals surface area contributed by atoms with Crippen LogP contribution in [0.3, 0.4) is 0 Å². The Morgan fingerprint density at radius 3 is 2.56 bits per heavy atom. The summed E-state index contributed by atoms with van der Waals surface area (Å²) in [6.45, 7) is 0.963. The highest BCUT2D eigenvalue weighted by molar-refractivity contribution is 7.89. The molecule has 0 aliphatic carbocycles. The van der Waals surface area contributed by atoms with E-state index >= 15 is 0 Å². The fraction of sp³-hybridized carbons (Fsp3) is 1.00. The molecule has 0 aromatic rings. The molecule has 5 heteroatoms. The fourth-order valence-electron chi connectivity index (χ4n) is 0.824. The summed E-state index contributed by atoms with van der Waals surface area (Å²) in [4.78, 5) is 0. The smallest absolute Gasteiger partial charge is 0.211 e. The van der Waals surface area contributed by atoms with Crippen molar-refractivity contribution in [2.45, 2.75) is 0 Å². The summed E-state index contributed by atoms with van der Waals surface area (Å²) in [6, 6.07) is 0. The Kier molecular flexibility index (Phi) is 1.74. The minimum absolute atomic E-state index is 0.120. The summed E-state index contributed by atoms with van der Waals surface area (Å²) in [5.74, 6) is 0.318. The average Bonchev–Trinajstić information content (AvgIpc) is 2.10. The molecular weight excluding hydrogens is 140 g/mol. The predicted octanol–water partition coefficient (Wildman–Crippen LogP) is -1.51. The van der Waals surface area contributed by atoms with Gasteiger partial charge in [0.2, 0.25) is 10.0 Å². The zero-order chi connectivity index (χ0) is 6.91. The van der Waals surface area contributed by atoms with Gasteiger partial charge in [0.25, 0.3) is 0 Å². The van der Waals surface area contributed by atoms with Crippen LogP contribution in [0.1, 0.15) is 0 Å². The van der Waals surface area contributed by atoms with Crippen LogP contribution in [0.25, 0.3) is 0 Å². The van der Waals surface area contributed by atoms with Gasteiger partial charge in [-0.2, -0.15) is 0 Å². The van der Waals surface area contributed by atoms with Crippen molar-refractivity contribution < 1.29 is 8.42 Å². The van der Waals surface area contributed by atoms with Gasteiger partial charge in [0.05, 0.1) is 5.75 Å². The molecule has 1 aliphatic heterocycles. The first-order chi connectivity index (χ1) is 4.14. The lowest BCUT2D eigenvalue weighted by atomic mass is 10.2. The molecule has 0 bridgehead atoms. The molecule has 3 N–H and O–H groups in total. The van der Waals surface area contributed by atoms with E-state index in [2.05, 4.69) is 4.72 Å². The highest BCUT2D eigenvalue weighted by Crippen LogP contribution is 2.05. The molecule has 0 radical (unpaired) electrons. The second-order valence-corrected chi connectivity index (χ2v) is 4.08. The van der Waals surface area contributed by atoms with E-state index < -0.39 is 10.0 Å². The van der Waals surface area contributed by atoms with Crippen LogP contribution in [0.4, 0.5) is 0 Å². The second-order valence-electron chi connectivity index (χ2n) is 2.23. The topological polar surface area (TPSA) is 72.2 Å². The van der Waals surface area contributed by atoms with Gasteiger partial charge in [-0.15, -0.1) is 0 Å². The number of hydrogen-bond donors (Lipinski definition) is 2. The molecule has 9 heavy (non-hydrogen) atoms. The normalized spacial score (nSPS) is 32.8. The van der Waals surface area contributed by atoms with Crippen molar-refractivity contribution in [2.24, 2.45) is 11.7 Å². The monoisotopic (exact) mass is 150 g/mol. The quantitative estimate of drug-likeness (QED) is 0.477. The lowest BCUT2D eigenvalue weighted by Gasteiger charge is -1.96. The minimum Gasteiger partial charge on any atom is -0.330 e. The summed E-state index contributed by atoms with van der Waals surface area (Å²) in [5, 5.41) is 0. The molecule has 0 amide bonds. The van der Waals surface area contributed by atoms with E-state index in [1.807, 2.05) is 0 Å². The second kappa shape index (κ2) is 2.24. The van der Waals surface area contributed by atoms with Crippen LogP contribution >= 0.6 is 0 Å². The molecule has 1 rings (SSSR count). The Morgan fingerprint density at radius 2 is 2.33 bits per heavy atom. The van der Waals surface area contributed by atoms with Crippen molar-refractivity contribution in [1.82, 2.24) is 4.72 Å². The van der Waals surface area contributed by atoms with Crippen molar-refractivity contribution in [3.05, 3.63) is 0 Å². The van der Waals surface area contributed by atoms with Crippen LogP contribution < -0.4 is 10.5 Å². The summed E-state index contributed by atoms with van der Waals surface area (Å²) >= 11 is 0. The summed E-state index contributed by atoms with van der Waals surface area (Å²) in [6.07, 6.45) is 0. The van der Waals surface area contributed by atoms with E-state index in [0.29, 0.717) is 13.1 Å². The van der Waals surface area contributed by atoms with Crippen LogP contribution in [0.15, 0.2) is 0 Å². The number of nitrogens with two attached hydrogens (primary N) is 1. The Hall–Kier alpha value is -0.130. The summed E-state index contributed by atoms with van der Waals surface area (Å²) < 4.78 is 23.7. The Labute approximate surface area is 54.5 Å². The molecule has 1 atom stereocenters. The van der Waals surface area contributed by atoms with Crippen LogP contribution in [-0.2, 0) is 10.0 Å². The van der Waals surface area contributed by atoms with Crippen molar-refractivity contribution in [3.63, 3.8) is 0 Å². The van der Waals surface area contributed by atoms with E-state index in [1.54, 1.807) is 0 Å². The van der Waals surface area contributed by atoms with Crippen LogP contribution in [0, 0.1) is 5.92 Å². The molecule has 0 saturated carbocycles. The van der Waals surface area contributed by atoms with Crippen LogP contribution in [0.2, 0.25) is 0 Å². The number of rotatable bonds is 1. The van der Waals surface area contributed by atoms with Crippen LogP contribution in [0.5, 0.6) is 0 Å². The van der Waals surface area contributed by atoms with Gasteiger partial charge in [-0.3, -0.25) is 0 Å². The lowest BCUT2D eigenvalue weighted by molar-refractivity contribution is 0.593. The van der Waals surface area contributed by atoms with Gasteiger partial charge in [0.1, 0.15) is 0 Å². The molecular formula is C4H10N2O2S. The molecule has 0 aromatic heterocycles. The van der Waals surface area contributed by atoms with Crippen molar-refractivity contribution in [1.29, 1.82) is 0 Å². The van der Waals surface area contributed by atoms with E-state index in [-0.39, 0.29) is 11.7 Å². The average molecular weight is 150 g/mol. The zero-order valence-corrected chi connectivity index (χ0v) is 5.82. The van der Waals surface area contributed by atoms with Gasteiger partial charge >= 0.3 is 0 Å². The highest BCUT2D eigenvalue weighted by atomic mass is 32.2. The Morgan fingerprint density at radius 1 is 1.67 bits per heavy atom. The first-order valence-corrected chi connectivity index (χ1v) is 4.46. The minimum atomic E-state index is -2.94. The molecule has 54 valence electrons. The molecule has 1 saturated heterocycles. The van der Waals surface area contributed by atoms with E-state index in [0.717, 1.165) is 0 Å². The van der Waals surface area contributed by atoms with Crippen molar-refractivity contribution in [3.8, 4) is 0 Å². The first-order valence-electron chi connectivity index (χ1n) is 2.81. The van der Waals surface area contributed by atoms with E-state index in [4.69, 9.17) is 5.73 Å². The van der Waals surface area contributed by atoms with Crippen molar-refractivity contribution >= 4 is 10.0 Å². The molecule has 1 heterocycles. The molecule has 1 aliphatic rings. The maximum absolute atomic E-state index is 10.6. The van der Waals surface area contributed by atoms with Gasteiger partial charge in [0.15, 0.2) is 0 Å². The molecule has 0 aromatic carbocycles.